The van der Waals surface area contributed by atoms with Gasteiger partial charge in [0.1, 0.15) is 0 Å². The summed E-state index contributed by atoms with van der Waals surface area (Å²) in [7, 11) is 0. The fraction of sp³-hybridized carbons (Fsp3) is 0.583. The molecule has 1 unspecified atom stereocenters. The van der Waals surface area contributed by atoms with Crippen LogP contribution in [0.5, 0.6) is 0 Å². The molecule has 1 aromatic heterocycles. The minimum atomic E-state index is -0.0235. The third kappa shape index (κ3) is 3.48. The molecule has 18 heavy (non-hydrogen) atoms. The first-order valence-corrected chi connectivity index (χ1v) is 6.10. The molecule has 1 aliphatic rings. The molecule has 1 amide bonds. The zero-order valence-electron chi connectivity index (χ0n) is 10.3. The third-order valence-corrected chi connectivity index (χ3v) is 2.98. The maximum absolute atomic E-state index is 11.6. The lowest BCUT2D eigenvalue weighted by Gasteiger charge is -2.22. The van der Waals surface area contributed by atoms with Gasteiger partial charge in [-0.2, -0.15) is 0 Å². The number of carbonyl (C=O) groups excluding carboxylic acids is 1. The molecule has 0 aliphatic carbocycles. The number of nitrogens with zero attached hydrogens (tertiary/aromatic N) is 3. The quantitative estimate of drug-likeness (QED) is 0.778. The van der Waals surface area contributed by atoms with E-state index in [0.29, 0.717) is 26.3 Å². The van der Waals surface area contributed by atoms with Crippen molar-refractivity contribution in [1.29, 1.82) is 0 Å². The summed E-state index contributed by atoms with van der Waals surface area (Å²) >= 11 is 0. The predicted molar refractivity (Wildman–Crippen MR) is 65.7 cm³/mol. The smallest absolute Gasteiger partial charge is 0.236 e. The number of amides is 1. The number of hydrogen-bond donors (Lipinski definition) is 1. The van der Waals surface area contributed by atoms with E-state index < -0.39 is 0 Å². The summed E-state index contributed by atoms with van der Waals surface area (Å²) < 4.78 is 5.52. The van der Waals surface area contributed by atoms with Crippen LogP contribution in [0.3, 0.4) is 0 Å². The summed E-state index contributed by atoms with van der Waals surface area (Å²) in [4.78, 5) is 21.7. The number of ether oxygens (including phenoxy) is 1. The van der Waals surface area contributed by atoms with Gasteiger partial charge in [-0.15, -0.1) is 0 Å². The van der Waals surface area contributed by atoms with Gasteiger partial charge in [-0.25, -0.2) is 0 Å². The predicted octanol–water partition coefficient (Wildman–Crippen LogP) is -0.547. The van der Waals surface area contributed by atoms with Crippen molar-refractivity contribution >= 4 is 5.91 Å². The van der Waals surface area contributed by atoms with Gasteiger partial charge in [0.15, 0.2) is 0 Å². The first-order valence-electron chi connectivity index (χ1n) is 6.10. The Labute approximate surface area is 106 Å². The number of aromatic nitrogens is 2. The van der Waals surface area contributed by atoms with E-state index in [1.54, 1.807) is 23.5 Å². The van der Waals surface area contributed by atoms with Crippen molar-refractivity contribution in [2.45, 2.75) is 6.42 Å². The highest BCUT2D eigenvalue weighted by atomic mass is 16.5. The maximum atomic E-state index is 11.6. The van der Waals surface area contributed by atoms with Gasteiger partial charge in [0, 0.05) is 37.6 Å². The second kappa shape index (κ2) is 6.42. The molecule has 0 saturated carbocycles. The van der Waals surface area contributed by atoms with E-state index in [2.05, 4.69) is 9.97 Å². The molecule has 0 aromatic carbocycles. The Morgan fingerprint density at radius 3 is 3.17 bits per heavy atom. The summed E-state index contributed by atoms with van der Waals surface area (Å²) in [6.45, 7) is 2.56. The van der Waals surface area contributed by atoms with E-state index in [9.17, 15) is 4.79 Å². The molecule has 98 valence electrons. The lowest BCUT2D eigenvalue weighted by atomic mass is 10.0. The van der Waals surface area contributed by atoms with Crippen molar-refractivity contribution in [1.82, 2.24) is 14.9 Å². The van der Waals surface area contributed by atoms with Crippen LogP contribution in [0.4, 0.5) is 0 Å². The minimum Gasteiger partial charge on any atom is -0.379 e. The zero-order valence-corrected chi connectivity index (χ0v) is 10.3. The molecule has 6 nitrogen and oxygen atoms in total. The monoisotopic (exact) mass is 250 g/mol. The molecule has 6 heteroatoms. The third-order valence-electron chi connectivity index (χ3n) is 2.98. The van der Waals surface area contributed by atoms with Gasteiger partial charge >= 0.3 is 0 Å². The van der Waals surface area contributed by atoms with Crippen LogP contribution < -0.4 is 5.73 Å². The number of nitrogens with two attached hydrogens (primary N) is 1. The molecule has 1 saturated heterocycles. The largest absolute Gasteiger partial charge is 0.379 e. The molecule has 2 N–H and O–H groups in total. The van der Waals surface area contributed by atoms with Gasteiger partial charge in [0.2, 0.25) is 5.91 Å². The van der Waals surface area contributed by atoms with Gasteiger partial charge in [-0.1, -0.05) is 0 Å². The lowest BCUT2D eigenvalue weighted by Crippen LogP contribution is -2.40. The van der Waals surface area contributed by atoms with Crippen LogP contribution in [-0.2, 0) is 16.0 Å². The highest BCUT2D eigenvalue weighted by Crippen LogP contribution is 2.12. The van der Waals surface area contributed by atoms with Gasteiger partial charge in [-0.3, -0.25) is 14.8 Å². The number of carbonyl (C=O) groups is 1. The van der Waals surface area contributed by atoms with E-state index in [1.807, 2.05) is 0 Å². The van der Waals surface area contributed by atoms with Crippen LogP contribution >= 0.6 is 0 Å². The SMILES string of the molecule is NCC(=O)N1CCOCC(Cc2cnccn2)C1. The van der Waals surface area contributed by atoms with Crippen LogP contribution in [0.25, 0.3) is 0 Å². The molecular formula is C12H18N4O2. The van der Waals surface area contributed by atoms with Crippen molar-refractivity contribution in [2.24, 2.45) is 11.7 Å². The molecule has 1 fully saturated rings. The van der Waals surface area contributed by atoms with E-state index in [1.165, 1.54) is 0 Å². The second-order valence-electron chi connectivity index (χ2n) is 4.39. The molecule has 0 spiro atoms. The Kier molecular flexibility index (Phi) is 4.60. The molecule has 1 aliphatic heterocycles. The number of hydrogen-bond acceptors (Lipinski definition) is 5. The Bertz CT molecular complexity index is 385. The van der Waals surface area contributed by atoms with Gasteiger partial charge in [0.25, 0.3) is 0 Å². The standard InChI is InChI=1S/C12H18N4O2/c13-6-12(17)16-3-4-18-9-10(8-16)5-11-7-14-1-2-15-11/h1-2,7,10H,3-6,8-9,13H2. The van der Waals surface area contributed by atoms with Crippen LogP contribution in [0.15, 0.2) is 18.6 Å². The van der Waals surface area contributed by atoms with E-state index in [-0.39, 0.29) is 18.4 Å². The van der Waals surface area contributed by atoms with E-state index >= 15 is 0 Å². The highest BCUT2D eigenvalue weighted by molar-refractivity contribution is 5.78. The van der Waals surface area contributed by atoms with Crippen molar-refractivity contribution in [3.63, 3.8) is 0 Å². The van der Waals surface area contributed by atoms with E-state index in [4.69, 9.17) is 10.5 Å². The fourth-order valence-corrected chi connectivity index (χ4v) is 2.09. The van der Waals surface area contributed by atoms with Crippen LogP contribution in [-0.4, -0.2) is 53.6 Å². The Hall–Kier alpha value is -1.53. The molecule has 0 radical (unpaired) electrons. The van der Waals surface area contributed by atoms with Crippen molar-refractivity contribution in [3.8, 4) is 0 Å². The molecule has 1 aromatic rings. The van der Waals surface area contributed by atoms with Crippen molar-refractivity contribution in [3.05, 3.63) is 24.3 Å². The summed E-state index contributed by atoms with van der Waals surface area (Å²) in [5.41, 5.74) is 6.32. The average molecular weight is 250 g/mol. The second-order valence-corrected chi connectivity index (χ2v) is 4.39. The highest BCUT2D eigenvalue weighted by Gasteiger charge is 2.22. The van der Waals surface area contributed by atoms with E-state index in [0.717, 1.165) is 12.1 Å². The normalized spacial score (nSPS) is 20.5. The van der Waals surface area contributed by atoms with Gasteiger partial charge in [-0.05, 0) is 6.42 Å². The average Bonchev–Trinajstić information content (AvgIpc) is 2.65. The van der Waals surface area contributed by atoms with Gasteiger partial charge in [0.05, 0.1) is 25.5 Å². The molecule has 0 bridgehead atoms. The van der Waals surface area contributed by atoms with Gasteiger partial charge < -0.3 is 15.4 Å². The van der Waals surface area contributed by atoms with Crippen LogP contribution in [0, 0.1) is 5.92 Å². The molecule has 1 atom stereocenters. The van der Waals surface area contributed by atoms with Crippen molar-refractivity contribution < 1.29 is 9.53 Å². The molecular weight excluding hydrogens is 232 g/mol. The van der Waals surface area contributed by atoms with Crippen LogP contribution in [0.1, 0.15) is 5.69 Å². The lowest BCUT2D eigenvalue weighted by molar-refractivity contribution is -0.130. The first kappa shape index (κ1) is 12.9. The Balaban J connectivity index is 1.97. The minimum absolute atomic E-state index is 0.0235. The molecule has 2 rings (SSSR count). The number of rotatable bonds is 3. The fourth-order valence-electron chi connectivity index (χ4n) is 2.09. The summed E-state index contributed by atoms with van der Waals surface area (Å²) in [6, 6.07) is 0. The summed E-state index contributed by atoms with van der Waals surface area (Å²) in [5.74, 6) is 0.226. The Morgan fingerprint density at radius 2 is 2.44 bits per heavy atom. The summed E-state index contributed by atoms with van der Waals surface area (Å²) in [5, 5.41) is 0. The topological polar surface area (TPSA) is 81.3 Å². The zero-order chi connectivity index (χ0) is 12.8. The maximum Gasteiger partial charge on any atom is 0.236 e. The van der Waals surface area contributed by atoms with Crippen molar-refractivity contribution in [2.75, 3.05) is 32.8 Å². The first-order chi connectivity index (χ1) is 8.79. The van der Waals surface area contributed by atoms with Crippen LogP contribution in [0.2, 0.25) is 0 Å². The molecule has 2 heterocycles. The Morgan fingerprint density at radius 1 is 1.56 bits per heavy atom. The summed E-state index contributed by atoms with van der Waals surface area (Å²) in [6.07, 6.45) is 5.84.